The van der Waals surface area contributed by atoms with Gasteiger partial charge in [0.2, 0.25) is 0 Å². The lowest BCUT2D eigenvalue weighted by molar-refractivity contribution is 0.0570. The number of hydrogen-bond donors (Lipinski definition) is 1. The highest BCUT2D eigenvalue weighted by molar-refractivity contribution is 5.98. The van der Waals surface area contributed by atoms with E-state index in [-0.39, 0.29) is 23.6 Å². The van der Waals surface area contributed by atoms with Crippen molar-refractivity contribution < 1.29 is 19.1 Å². The van der Waals surface area contributed by atoms with Crippen molar-refractivity contribution in [3.05, 3.63) is 29.6 Å². The Morgan fingerprint density at radius 1 is 1.11 bits per heavy atom. The highest BCUT2D eigenvalue weighted by atomic mass is 16.6. The van der Waals surface area contributed by atoms with Crippen LogP contribution in [0.15, 0.2) is 18.3 Å². The number of rotatable bonds is 7. The first kappa shape index (κ1) is 20.7. The summed E-state index contributed by atoms with van der Waals surface area (Å²) >= 11 is 0. The normalized spacial score (nSPS) is 14.0. The van der Waals surface area contributed by atoms with Gasteiger partial charge in [0, 0.05) is 44.5 Å². The number of hydrogen-bond acceptors (Lipinski definition) is 5. The summed E-state index contributed by atoms with van der Waals surface area (Å²) in [7, 11) is 0. The van der Waals surface area contributed by atoms with E-state index < -0.39 is 0 Å². The summed E-state index contributed by atoms with van der Waals surface area (Å²) in [6.45, 7) is 6.52. The lowest BCUT2D eigenvalue weighted by Crippen LogP contribution is -2.50. The van der Waals surface area contributed by atoms with Gasteiger partial charge in [-0.2, -0.15) is 0 Å². The number of unbranched alkanes of at least 4 members (excludes halogenated alkanes) is 2. The number of piperazine rings is 1. The molecule has 0 bridgehead atoms. The molecule has 3 amide bonds. The minimum atomic E-state index is -0.351. The van der Waals surface area contributed by atoms with E-state index in [1.165, 1.54) is 12.3 Å². The van der Waals surface area contributed by atoms with Crippen molar-refractivity contribution in [1.82, 2.24) is 20.1 Å². The Balaban J connectivity index is 1.91. The molecule has 8 heteroatoms. The Hall–Kier alpha value is -2.64. The van der Waals surface area contributed by atoms with Gasteiger partial charge in [-0.05, 0) is 25.5 Å². The van der Waals surface area contributed by atoms with Crippen molar-refractivity contribution in [2.45, 2.75) is 33.1 Å². The molecule has 27 heavy (non-hydrogen) atoms. The predicted octanol–water partition coefficient (Wildman–Crippen LogP) is 1.92. The zero-order chi connectivity index (χ0) is 19.6. The molecular formula is C19H28N4O4. The average molecular weight is 376 g/mol. The van der Waals surface area contributed by atoms with Crippen LogP contribution in [0, 0.1) is 0 Å². The smallest absolute Gasteiger partial charge is 0.409 e. The first-order chi connectivity index (χ1) is 13.1. The topological polar surface area (TPSA) is 91.8 Å². The van der Waals surface area contributed by atoms with Gasteiger partial charge in [0.15, 0.2) is 0 Å². The van der Waals surface area contributed by atoms with E-state index >= 15 is 0 Å². The zero-order valence-electron chi connectivity index (χ0n) is 16.1. The summed E-state index contributed by atoms with van der Waals surface area (Å²) in [5, 5.41) is 2.83. The number of carbonyl (C=O) groups excluding carboxylic acids is 3. The molecule has 0 aliphatic carbocycles. The zero-order valence-corrected chi connectivity index (χ0v) is 16.1. The molecule has 148 valence electrons. The molecule has 0 unspecified atom stereocenters. The fourth-order valence-corrected chi connectivity index (χ4v) is 2.84. The van der Waals surface area contributed by atoms with Crippen molar-refractivity contribution in [2.75, 3.05) is 39.3 Å². The largest absolute Gasteiger partial charge is 0.450 e. The van der Waals surface area contributed by atoms with Crippen molar-refractivity contribution >= 4 is 17.9 Å². The van der Waals surface area contributed by atoms with Gasteiger partial charge >= 0.3 is 6.09 Å². The van der Waals surface area contributed by atoms with Crippen LogP contribution in [-0.2, 0) is 4.74 Å². The molecule has 1 aliphatic rings. The van der Waals surface area contributed by atoms with Gasteiger partial charge in [-0.3, -0.25) is 14.6 Å². The van der Waals surface area contributed by atoms with E-state index in [4.69, 9.17) is 4.74 Å². The van der Waals surface area contributed by atoms with Crippen LogP contribution >= 0.6 is 0 Å². The molecule has 0 atom stereocenters. The van der Waals surface area contributed by atoms with Crippen molar-refractivity contribution in [1.29, 1.82) is 0 Å². The third-order valence-electron chi connectivity index (χ3n) is 4.40. The van der Waals surface area contributed by atoms with Gasteiger partial charge in [0.1, 0.15) is 5.69 Å². The lowest BCUT2D eigenvalue weighted by Gasteiger charge is -2.34. The van der Waals surface area contributed by atoms with E-state index in [1.807, 2.05) is 0 Å². The predicted molar refractivity (Wildman–Crippen MR) is 101 cm³/mol. The second-order valence-electron chi connectivity index (χ2n) is 6.37. The van der Waals surface area contributed by atoms with Gasteiger partial charge in [0.05, 0.1) is 6.61 Å². The maximum atomic E-state index is 12.7. The Bertz CT molecular complexity index is 657. The summed E-state index contributed by atoms with van der Waals surface area (Å²) in [5.41, 5.74) is 0.663. The quantitative estimate of drug-likeness (QED) is 0.734. The molecule has 0 spiro atoms. The van der Waals surface area contributed by atoms with Crippen LogP contribution in [0.25, 0.3) is 0 Å². The summed E-state index contributed by atoms with van der Waals surface area (Å²) in [6, 6.07) is 3.13. The van der Waals surface area contributed by atoms with E-state index in [1.54, 1.807) is 22.8 Å². The van der Waals surface area contributed by atoms with Crippen molar-refractivity contribution in [2.24, 2.45) is 0 Å². The molecule has 1 N–H and O–H groups in total. The second kappa shape index (κ2) is 10.5. The molecule has 2 rings (SSSR count). The molecule has 0 saturated carbocycles. The van der Waals surface area contributed by atoms with Crippen LogP contribution in [0.3, 0.4) is 0 Å². The van der Waals surface area contributed by atoms with E-state index in [2.05, 4.69) is 17.2 Å². The number of amides is 3. The first-order valence-electron chi connectivity index (χ1n) is 9.52. The maximum Gasteiger partial charge on any atom is 0.409 e. The molecule has 0 aromatic carbocycles. The second-order valence-corrected chi connectivity index (χ2v) is 6.37. The van der Waals surface area contributed by atoms with Gasteiger partial charge in [-0.1, -0.05) is 19.8 Å². The van der Waals surface area contributed by atoms with Gasteiger partial charge in [-0.15, -0.1) is 0 Å². The molecule has 8 nitrogen and oxygen atoms in total. The van der Waals surface area contributed by atoms with Crippen LogP contribution in [0.2, 0.25) is 0 Å². The number of carbonyl (C=O) groups is 3. The van der Waals surface area contributed by atoms with Crippen LogP contribution < -0.4 is 5.32 Å². The summed E-state index contributed by atoms with van der Waals surface area (Å²) < 4.78 is 4.98. The average Bonchev–Trinajstić information content (AvgIpc) is 2.71. The van der Waals surface area contributed by atoms with Crippen LogP contribution in [0.5, 0.6) is 0 Å². The Kier molecular flexibility index (Phi) is 8.03. The Labute approximate surface area is 159 Å². The third-order valence-corrected chi connectivity index (χ3v) is 4.40. The van der Waals surface area contributed by atoms with E-state index in [9.17, 15) is 14.4 Å². The maximum absolute atomic E-state index is 12.7. The van der Waals surface area contributed by atoms with E-state index in [0.717, 1.165) is 19.3 Å². The first-order valence-corrected chi connectivity index (χ1v) is 9.52. The van der Waals surface area contributed by atoms with Crippen LogP contribution in [0.4, 0.5) is 4.79 Å². The van der Waals surface area contributed by atoms with Gasteiger partial charge < -0.3 is 19.9 Å². The summed E-state index contributed by atoms with van der Waals surface area (Å²) in [4.78, 5) is 44.0. The van der Waals surface area contributed by atoms with Crippen LogP contribution in [0.1, 0.15) is 54.0 Å². The highest BCUT2D eigenvalue weighted by Gasteiger charge is 2.26. The molecule has 1 aromatic rings. The molecule has 0 radical (unpaired) electrons. The fourth-order valence-electron chi connectivity index (χ4n) is 2.84. The number of aromatic nitrogens is 1. The number of pyridine rings is 1. The minimum Gasteiger partial charge on any atom is -0.450 e. The third kappa shape index (κ3) is 5.94. The molecule has 1 saturated heterocycles. The van der Waals surface area contributed by atoms with E-state index in [0.29, 0.717) is 44.9 Å². The summed E-state index contributed by atoms with van der Waals surface area (Å²) in [5.74, 6) is -0.436. The number of ether oxygens (including phenoxy) is 1. The number of nitrogens with zero attached hydrogens (tertiary/aromatic N) is 3. The van der Waals surface area contributed by atoms with Gasteiger partial charge in [-0.25, -0.2) is 4.79 Å². The van der Waals surface area contributed by atoms with Crippen LogP contribution in [-0.4, -0.2) is 72.0 Å². The van der Waals surface area contributed by atoms with Crippen molar-refractivity contribution in [3.63, 3.8) is 0 Å². The molecule has 1 fully saturated rings. The lowest BCUT2D eigenvalue weighted by atomic mass is 10.1. The van der Waals surface area contributed by atoms with Gasteiger partial charge in [0.25, 0.3) is 11.8 Å². The SMILES string of the molecule is CCCCCNC(=O)c1cc(C(=O)N2CCN(C(=O)OCC)CC2)ccn1. The number of nitrogens with one attached hydrogen (secondary N) is 1. The minimum absolute atomic E-state index is 0.166. The Morgan fingerprint density at radius 3 is 2.48 bits per heavy atom. The molecular weight excluding hydrogens is 348 g/mol. The Morgan fingerprint density at radius 2 is 1.81 bits per heavy atom. The summed E-state index contributed by atoms with van der Waals surface area (Å²) in [6.07, 6.45) is 4.19. The molecule has 1 aromatic heterocycles. The molecule has 2 heterocycles. The fraction of sp³-hybridized carbons (Fsp3) is 0.579. The highest BCUT2D eigenvalue weighted by Crippen LogP contribution is 2.11. The monoisotopic (exact) mass is 376 g/mol. The standard InChI is InChI=1S/C19H28N4O4/c1-3-5-6-8-21-17(24)16-14-15(7-9-20-16)18(25)22-10-12-23(13-11-22)19(26)27-4-2/h7,9,14H,3-6,8,10-13H2,1-2H3,(H,21,24). The molecule has 1 aliphatic heterocycles. The van der Waals surface area contributed by atoms with Crippen molar-refractivity contribution in [3.8, 4) is 0 Å².